The number of fused-ring (bicyclic) bond motifs is 1. The number of H-pyrrole nitrogens is 1. The second-order valence-corrected chi connectivity index (χ2v) is 4.49. The molecule has 1 aromatic heterocycles. The number of anilines is 1. The van der Waals surface area contributed by atoms with E-state index in [0.717, 1.165) is 18.4 Å². The van der Waals surface area contributed by atoms with Crippen LogP contribution in [0.1, 0.15) is 31.7 Å². The molecule has 0 atom stereocenters. The Kier molecular flexibility index (Phi) is 2.02. The van der Waals surface area contributed by atoms with Crippen molar-refractivity contribution in [3.8, 4) is 0 Å². The van der Waals surface area contributed by atoms with Gasteiger partial charge in [-0.1, -0.05) is 18.9 Å². The molecule has 0 bridgehead atoms. The lowest BCUT2D eigenvalue weighted by atomic mass is 10.2. The van der Waals surface area contributed by atoms with Gasteiger partial charge in [-0.3, -0.25) is 14.6 Å². The van der Waals surface area contributed by atoms with Gasteiger partial charge in [0.2, 0.25) is 0 Å². The van der Waals surface area contributed by atoms with Gasteiger partial charge in [-0.2, -0.15) is 0 Å². The van der Waals surface area contributed by atoms with E-state index in [1.165, 1.54) is 12.8 Å². The van der Waals surface area contributed by atoms with E-state index in [2.05, 4.69) is 5.10 Å². The number of nitrogens with two attached hydrogens (primary N) is 1. The van der Waals surface area contributed by atoms with E-state index in [9.17, 15) is 4.79 Å². The van der Waals surface area contributed by atoms with E-state index >= 15 is 0 Å². The van der Waals surface area contributed by atoms with Crippen molar-refractivity contribution < 1.29 is 0 Å². The highest BCUT2D eigenvalue weighted by Crippen LogP contribution is 2.31. The highest BCUT2D eigenvalue weighted by Gasteiger charge is 2.20. The van der Waals surface area contributed by atoms with Crippen LogP contribution >= 0.6 is 0 Å². The monoisotopic (exact) mass is 217 g/mol. The smallest absolute Gasteiger partial charge is 0.274 e. The van der Waals surface area contributed by atoms with Crippen LogP contribution in [0.3, 0.4) is 0 Å². The molecule has 0 saturated heterocycles. The van der Waals surface area contributed by atoms with Crippen LogP contribution in [0.15, 0.2) is 23.0 Å². The number of nitrogen functional groups attached to an aromatic ring is 1. The van der Waals surface area contributed by atoms with E-state index in [0.29, 0.717) is 17.1 Å². The number of hydrogen-bond acceptors (Lipinski definition) is 2. The molecule has 0 unspecified atom stereocenters. The summed E-state index contributed by atoms with van der Waals surface area (Å²) >= 11 is 0. The minimum absolute atomic E-state index is 0.0694. The summed E-state index contributed by atoms with van der Waals surface area (Å²) in [7, 11) is 0. The van der Waals surface area contributed by atoms with Gasteiger partial charge >= 0.3 is 0 Å². The maximum absolute atomic E-state index is 11.8. The summed E-state index contributed by atoms with van der Waals surface area (Å²) in [5, 5.41) is 3.55. The second-order valence-electron chi connectivity index (χ2n) is 4.49. The standard InChI is InChI=1S/C12H15N3O/c13-9-6-3-7-10-11(9)12(16)14-15(10)8-4-1-2-5-8/h3,6-8H,1-2,4-5,13H2,(H,14,16). The maximum Gasteiger partial charge on any atom is 0.274 e. The lowest BCUT2D eigenvalue weighted by Gasteiger charge is -2.12. The van der Waals surface area contributed by atoms with Crippen molar-refractivity contribution in [2.24, 2.45) is 0 Å². The van der Waals surface area contributed by atoms with E-state index < -0.39 is 0 Å². The molecule has 0 radical (unpaired) electrons. The zero-order valence-corrected chi connectivity index (χ0v) is 9.07. The van der Waals surface area contributed by atoms with Crippen molar-refractivity contribution in [1.82, 2.24) is 9.78 Å². The van der Waals surface area contributed by atoms with Crippen LogP contribution in [0.5, 0.6) is 0 Å². The van der Waals surface area contributed by atoms with Gasteiger partial charge in [0.15, 0.2) is 0 Å². The molecule has 2 aromatic rings. The lowest BCUT2D eigenvalue weighted by Crippen LogP contribution is -2.10. The fourth-order valence-corrected chi connectivity index (χ4v) is 2.68. The van der Waals surface area contributed by atoms with E-state index in [-0.39, 0.29) is 5.56 Å². The Bertz CT molecular complexity index is 575. The van der Waals surface area contributed by atoms with Crippen molar-refractivity contribution in [2.45, 2.75) is 31.7 Å². The van der Waals surface area contributed by atoms with E-state index in [1.807, 2.05) is 16.8 Å². The van der Waals surface area contributed by atoms with Crippen molar-refractivity contribution in [3.05, 3.63) is 28.6 Å². The first kappa shape index (κ1) is 9.51. The van der Waals surface area contributed by atoms with Crippen molar-refractivity contribution in [2.75, 3.05) is 5.73 Å². The molecule has 4 nitrogen and oxygen atoms in total. The van der Waals surface area contributed by atoms with Crippen molar-refractivity contribution >= 4 is 16.6 Å². The van der Waals surface area contributed by atoms with Crippen LogP contribution in [0.25, 0.3) is 10.9 Å². The molecule has 1 heterocycles. The molecule has 0 aliphatic heterocycles. The molecule has 3 N–H and O–H groups in total. The first-order chi connectivity index (χ1) is 7.77. The number of nitrogens with zero attached hydrogens (tertiary/aromatic N) is 1. The van der Waals surface area contributed by atoms with Crippen molar-refractivity contribution in [3.63, 3.8) is 0 Å². The quantitative estimate of drug-likeness (QED) is 0.718. The summed E-state index contributed by atoms with van der Waals surface area (Å²) in [5.41, 5.74) is 7.27. The third-order valence-corrected chi connectivity index (χ3v) is 3.47. The zero-order chi connectivity index (χ0) is 11.1. The number of aromatic amines is 1. The largest absolute Gasteiger partial charge is 0.398 e. The molecule has 16 heavy (non-hydrogen) atoms. The van der Waals surface area contributed by atoms with Crippen molar-refractivity contribution in [1.29, 1.82) is 0 Å². The fraction of sp³-hybridized carbons (Fsp3) is 0.417. The maximum atomic E-state index is 11.8. The Hall–Kier alpha value is -1.71. The van der Waals surface area contributed by atoms with E-state index in [1.54, 1.807) is 6.07 Å². The number of benzene rings is 1. The summed E-state index contributed by atoms with van der Waals surface area (Å²) in [4.78, 5) is 11.8. The number of rotatable bonds is 1. The predicted molar refractivity (Wildman–Crippen MR) is 64.5 cm³/mol. The molecular formula is C12H15N3O. The van der Waals surface area contributed by atoms with Gasteiger partial charge in [-0.05, 0) is 25.0 Å². The predicted octanol–water partition coefficient (Wildman–Crippen LogP) is 2.03. The molecule has 1 aliphatic carbocycles. The molecule has 1 aromatic carbocycles. The van der Waals surface area contributed by atoms with E-state index in [4.69, 9.17) is 5.73 Å². The third kappa shape index (κ3) is 1.26. The molecule has 1 saturated carbocycles. The molecule has 4 heteroatoms. The van der Waals surface area contributed by atoms with Gasteiger partial charge in [0.05, 0.1) is 16.9 Å². The Balaban J connectivity index is 2.26. The zero-order valence-electron chi connectivity index (χ0n) is 9.07. The Morgan fingerprint density at radius 1 is 1.31 bits per heavy atom. The summed E-state index contributed by atoms with van der Waals surface area (Å²) in [6.45, 7) is 0. The lowest BCUT2D eigenvalue weighted by molar-refractivity contribution is 0.478. The molecule has 3 rings (SSSR count). The summed E-state index contributed by atoms with van der Waals surface area (Å²) in [5.74, 6) is 0. The Morgan fingerprint density at radius 2 is 2.06 bits per heavy atom. The average molecular weight is 217 g/mol. The van der Waals surface area contributed by atoms with Crippen LogP contribution in [-0.2, 0) is 0 Å². The highest BCUT2D eigenvalue weighted by atomic mass is 16.1. The minimum atomic E-state index is -0.0694. The summed E-state index contributed by atoms with van der Waals surface area (Å²) in [6.07, 6.45) is 4.78. The van der Waals surface area contributed by atoms with Gasteiger partial charge in [0.1, 0.15) is 0 Å². The first-order valence-electron chi connectivity index (χ1n) is 5.76. The topological polar surface area (TPSA) is 63.8 Å². The summed E-state index contributed by atoms with van der Waals surface area (Å²) < 4.78 is 2.00. The molecule has 0 amide bonds. The first-order valence-corrected chi connectivity index (χ1v) is 5.76. The van der Waals surface area contributed by atoms with Gasteiger partial charge in [-0.15, -0.1) is 0 Å². The van der Waals surface area contributed by atoms with Gasteiger partial charge < -0.3 is 5.73 Å². The molecule has 1 aliphatic rings. The number of hydrogen-bond donors (Lipinski definition) is 2. The Labute approximate surface area is 93.0 Å². The van der Waals surface area contributed by atoms with Crippen LogP contribution in [-0.4, -0.2) is 9.78 Å². The Morgan fingerprint density at radius 3 is 2.81 bits per heavy atom. The van der Waals surface area contributed by atoms with Gasteiger partial charge in [0, 0.05) is 5.69 Å². The SMILES string of the molecule is Nc1cccc2c1c(=O)[nH]n2C1CCCC1. The number of aromatic nitrogens is 2. The highest BCUT2D eigenvalue weighted by molar-refractivity contribution is 5.90. The normalized spacial score (nSPS) is 17.2. The second kappa shape index (κ2) is 3.40. The number of nitrogens with one attached hydrogen (secondary N) is 1. The molecule has 0 spiro atoms. The fourth-order valence-electron chi connectivity index (χ4n) is 2.68. The van der Waals surface area contributed by atoms with Crippen LogP contribution in [0, 0.1) is 0 Å². The molecular weight excluding hydrogens is 202 g/mol. The van der Waals surface area contributed by atoms with Gasteiger partial charge in [-0.25, -0.2) is 0 Å². The van der Waals surface area contributed by atoms with Crippen LogP contribution in [0.4, 0.5) is 5.69 Å². The van der Waals surface area contributed by atoms with Crippen LogP contribution in [0.2, 0.25) is 0 Å². The van der Waals surface area contributed by atoms with Gasteiger partial charge in [0.25, 0.3) is 5.56 Å². The molecule has 1 fully saturated rings. The van der Waals surface area contributed by atoms with Crippen LogP contribution < -0.4 is 11.3 Å². The molecule has 84 valence electrons. The third-order valence-electron chi connectivity index (χ3n) is 3.47. The minimum Gasteiger partial charge on any atom is -0.398 e. The summed E-state index contributed by atoms with van der Waals surface area (Å²) in [6, 6.07) is 6.07. The average Bonchev–Trinajstić information content (AvgIpc) is 2.86.